The Balaban J connectivity index is 1.52. The molecule has 5 aromatic rings. The summed E-state index contributed by atoms with van der Waals surface area (Å²) in [7, 11) is 0. The topological polar surface area (TPSA) is 54.9 Å². The van der Waals surface area contributed by atoms with Crippen molar-refractivity contribution < 1.29 is 4.79 Å². The van der Waals surface area contributed by atoms with Gasteiger partial charge in [-0.15, -0.1) is 0 Å². The molecule has 4 nitrogen and oxygen atoms in total. The highest BCUT2D eigenvalue weighted by molar-refractivity contribution is 7.21. The molecule has 0 radical (unpaired) electrons. The van der Waals surface area contributed by atoms with Crippen LogP contribution in [0.4, 0.5) is 5.69 Å². The SMILES string of the molecule is Cc1c(NC(=O)c2cccc3ccccc23)cccc1-c1nc2cccnc2s1. The largest absolute Gasteiger partial charge is 0.322 e. The molecule has 0 aliphatic rings. The monoisotopic (exact) mass is 395 g/mol. The van der Waals surface area contributed by atoms with Crippen molar-refractivity contribution in [3.05, 3.63) is 90.1 Å². The number of hydrogen-bond acceptors (Lipinski definition) is 4. The van der Waals surface area contributed by atoms with Crippen LogP contribution in [0.3, 0.4) is 0 Å². The zero-order valence-electron chi connectivity index (χ0n) is 15.7. The summed E-state index contributed by atoms with van der Waals surface area (Å²) < 4.78 is 0. The number of nitrogens with one attached hydrogen (secondary N) is 1. The van der Waals surface area contributed by atoms with Gasteiger partial charge in [-0.05, 0) is 47.5 Å². The third-order valence-electron chi connectivity index (χ3n) is 5.01. The van der Waals surface area contributed by atoms with E-state index in [2.05, 4.69) is 10.3 Å². The minimum atomic E-state index is -0.118. The first-order valence-corrected chi connectivity index (χ1v) is 10.1. The van der Waals surface area contributed by atoms with Crippen LogP contribution in [-0.2, 0) is 0 Å². The van der Waals surface area contributed by atoms with Gasteiger partial charge in [-0.25, -0.2) is 9.97 Å². The molecule has 0 aliphatic heterocycles. The predicted octanol–water partition coefficient (Wildman–Crippen LogP) is 6.07. The average molecular weight is 395 g/mol. The summed E-state index contributed by atoms with van der Waals surface area (Å²) in [4.78, 5) is 23.0. The normalized spacial score (nSPS) is 11.1. The van der Waals surface area contributed by atoms with Gasteiger partial charge in [-0.2, -0.15) is 0 Å². The lowest BCUT2D eigenvalue weighted by Crippen LogP contribution is -2.13. The van der Waals surface area contributed by atoms with Crippen LogP contribution in [0, 0.1) is 6.92 Å². The molecule has 0 aliphatic carbocycles. The van der Waals surface area contributed by atoms with Crippen molar-refractivity contribution in [3.63, 3.8) is 0 Å². The van der Waals surface area contributed by atoms with Gasteiger partial charge in [-0.1, -0.05) is 59.9 Å². The van der Waals surface area contributed by atoms with Crippen LogP contribution < -0.4 is 5.32 Å². The van der Waals surface area contributed by atoms with E-state index < -0.39 is 0 Å². The molecule has 0 atom stereocenters. The first kappa shape index (κ1) is 17.5. The first-order chi connectivity index (χ1) is 14.2. The lowest BCUT2D eigenvalue weighted by Gasteiger charge is -2.12. The van der Waals surface area contributed by atoms with Crippen LogP contribution in [0.25, 0.3) is 31.7 Å². The Morgan fingerprint density at radius 2 is 1.76 bits per heavy atom. The minimum absolute atomic E-state index is 0.118. The maximum absolute atomic E-state index is 13.0. The van der Waals surface area contributed by atoms with Crippen LogP contribution in [0.15, 0.2) is 79.0 Å². The van der Waals surface area contributed by atoms with Crippen molar-refractivity contribution in [3.8, 4) is 10.6 Å². The Bertz CT molecular complexity index is 1330. The van der Waals surface area contributed by atoms with Crippen LogP contribution in [-0.4, -0.2) is 15.9 Å². The van der Waals surface area contributed by atoms with Gasteiger partial charge in [0.15, 0.2) is 0 Å². The molecule has 2 aromatic heterocycles. The van der Waals surface area contributed by atoms with E-state index >= 15 is 0 Å². The fraction of sp³-hybridized carbons (Fsp3) is 0.0417. The molecule has 0 unspecified atom stereocenters. The molecule has 0 saturated heterocycles. The molecule has 0 fully saturated rings. The number of thiazole rings is 1. The molecular weight excluding hydrogens is 378 g/mol. The van der Waals surface area contributed by atoms with Gasteiger partial charge < -0.3 is 5.32 Å². The second-order valence-corrected chi connectivity index (χ2v) is 7.78. The summed E-state index contributed by atoms with van der Waals surface area (Å²) in [6, 6.07) is 23.4. The molecule has 1 amide bonds. The van der Waals surface area contributed by atoms with E-state index in [1.54, 1.807) is 17.5 Å². The molecule has 29 heavy (non-hydrogen) atoms. The van der Waals surface area contributed by atoms with Crippen LogP contribution in [0.5, 0.6) is 0 Å². The quantitative estimate of drug-likeness (QED) is 0.403. The van der Waals surface area contributed by atoms with Gasteiger partial charge in [0.1, 0.15) is 15.4 Å². The average Bonchev–Trinajstić information content (AvgIpc) is 3.18. The van der Waals surface area contributed by atoms with E-state index in [4.69, 9.17) is 4.98 Å². The predicted molar refractivity (Wildman–Crippen MR) is 119 cm³/mol. The van der Waals surface area contributed by atoms with Gasteiger partial charge in [0.05, 0.1) is 0 Å². The fourth-order valence-electron chi connectivity index (χ4n) is 3.50. The number of aromatic nitrogens is 2. The van der Waals surface area contributed by atoms with E-state index in [-0.39, 0.29) is 5.91 Å². The molecule has 1 N–H and O–H groups in total. The Morgan fingerprint density at radius 3 is 2.66 bits per heavy atom. The zero-order chi connectivity index (χ0) is 19.8. The number of pyridine rings is 1. The summed E-state index contributed by atoms with van der Waals surface area (Å²) in [6.07, 6.45) is 1.78. The summed E-state index contributed by atoms with van der Waals surface area (Å²) in [5, 5.41) is 5.98. The molecule has 140 valence electrons. The Kier molecular flexibility index (Phi) is 4.30. The van der Waals surface area contributed by atoms with Crippen molar-refractivity contribution in [2.45, 2.75) is 6.92 Å². The number of carbonyl (C=O) groups excluding carboxylic acids is 1. The summed E-state index contributed by atoms with van der Waals surface area (Å²) in [5.74, 6) is -0.118. The molecule has 3 aromatic carbocycles. The summed E-state index contributed by atoms with van der Waals surface area (Å²) >= 11 is 1.56. The van der Waals surface area contributed by atoms with E-state index in [9.17, 15) is 4.79 Å². The Morgan fingerprint density at radius 1 is 0.931 bits per heavy atom. The van der Waals surface area contributed by atoms with E-state index in [1.807, 2.05) is 79.7 Å². The molecule has 0 spiro atoms. The van der Waals surface area contributed by atoms with Crippen molar-refractivity contribution >= 4 is 44.1 Å². The number of amides is 1. The standard InChI is InChI=1S/C24H17N3OS/c1-15-17(23-27-21-13-6-14-25-24(21)29-23)10-5-12-20(15)26-22(28)19-11-4-8-16-7-2-3-9-18(16)19/h2-14H,1H3,(H,26,28). The van der Waals surface area contributed by atoms with Crippen molar-refractivity contribution in [2.75, 3.05) is 5.32 Å². The van der Waals surface area contributed by atoms with E-state index in [0.717, 1.165) is 42.9 Å². The number of nitrogens with zero attached hydrogens (tertiary/aromatic N) is 2. The fourth-order valence-corrected chi connectivity index (χ4v) is 4.49. The van der Waals surface area contributed by atoms with Crippen molar-refractivity contribution in [1.82, 2.24) is 9.97 Å². The number of anilines is 1. The Labute approximate surface area is 171 Å². The lowest BCUT2D eigenvalue weighted by molar-refractivity contribution is 0.102. The van der Waals surface area contributed by atoms with E-state index in [1.165, 1.54) is 0 Å². The minimum Gasteiger partial charge on any atom is -0.322 e. The maximum Gasteiger partial charge on any atom is 0.256 e. The summed E-state index contributed by atoms with van der Waals surface area (Å²) in [6.45, 7) is 2.01. The Hall–Kier alpha value is -3.57. The smallest absolute Gasteiger partial charge is 0.256 e. The maximum atomic E-state index is 13.0. The van der Waals surface area contributed by atoms with Gasteiger partial charge >= 0.3 is 0 Å². The van der Waals surface area contributed by atoms with Crippen LogP contribution in [0.1, 0.15) is 15.9 Å². The highest BCUT2D eigenvalue weighted by atomic mass is 32.1. The molecule has 2 heterocycles. The van der Waals surface area contributed by atoms with Gasteiger partial charge in [0.2, 0.25) is 0 Å². The molecule has 0 saturated carbocycles. The zero-order valence-corrected chi connectivity index (χ0v) is 16.5. The second kappa shape index (κ2) is 7.11. The van der Waals surface area contributed by atoms with Crippen LogP contribution >= 0.6 is 11.3 Å². The third kappa shape index (κ3) is 3.15. The number of fused-ring (bicyclic) bond motifs is 2. The molecular formula is C24H17N3OS. The van der Waals surface area contributed by atoms with Gasteiger partial charge in [-0.3, -0.25) is 4.79 Å². The van der Waals surface area contributed by atoms with Crippen molar-refractivity contribution in [2.24, 2.45) is 0 Å². The second-order valence-electron chi connectivity index (χ2n) is 6.81. The first-order valence-electron chi connectivity index (χ1n) is 9.31. The summed E-state index contributed by atoms with van der Waals surface area (Å²) in [5.41, 5.74) is 4.32. The highest BCUT2D eigenvalue weighted by Crippen LogP contribution is 2.34. The van der Waals surface area contributed by atoms with Gasteiger partial charge in [0.25, 0.3) is 5.91 Å². The lowest BCUT2D eigenvalue weighted by atomic mass is 10.0. The highest BCUT2D eigenvalue weighted by Gasteiger charge is 2.15. The number of benzene rings is 3. The van der Waals surface area contributed by atoms with Crippen LogP contribution in [0.2, 0.25) is 0 Å². The third-order valence-corrected chi connectivity index (χ3v) is 6.03. The van der Waals surface area contributed by atoms with Gasteiger partial charge in [0, 0.05) is 23.0 Å². The van der Waals surface area contributed by atoms with Crippen molar-refractivity contribution in [1.29, 1.82) is 0 Å². The van der Waals surface area contributed by atoms with E-state index in [0.29, 0.717) is 5.56 Å². The molecule has 5 heteroatoms. The molecule has 0 bridgehead atoms. The number of carbonyl (C=O) groups is 1. The number of rotatable bonds is 3. The number of hydrogen-bond donors (Lipinski definition) is 1. The molecule has 5 rings (SSSR count).